The molecule has 8 heteroatoms. The molecule has 23 heavy (non-hydrogen) atoms. The van der Waals surface area contributed by atoms with Crippen LogP contribution in [0.25, 0.3) is 11.3 Å². The molecule has 0 aliphatic rings. The first-order chi connectivity index (χ1) is 11.2. The maximum Gasteiger partial charge on any atom is 0.243 e. The summed E-state index contributed by atoms with van der Waals surface area (Å²) in [5.74, 6) is 2.14. The van der Waals surface area contributed by atoms with Gasteiger partial charge in [0.1, 0.15) is 11.5 Å². The minimum absolute atomic E-state index is 0.498. The molecule has 0 saturated heterocycles. The molecule has 6 nitrogen and oxygen atoms in total. The van der Waals surface area contributed by atoms with Gasteiger partial charge in [-0.3, -0.25) is 0 Å². The molecular formula is C15H15BrClN5O. The summed E-state index contributed by atoms with van der Waals surface area (Å²) in [5.41, 5.74) is 0.858. The number of halogens is 2. The third-order valence-corrected chi connectivity index (χ3v) is 4.05. The number of rotatable bonds is 6. The van der Waals surface area contributed by atoms with E-state index < -0.39 is 0 Å². The molecule has 0 amide bonds. The molecule has 0 radical (unpaired) electrons. The normalized spacial score (nSPS) is 10.9. The van der Waals surface area contributed by atoms with Crippen LogP contribution in [-0.2, 0) is 13.1 Å². The van der Waals surface area contributed by atoms with Gasteiger partial charge >= 0.3 is 0 Å². The van der Waals surface area contributed by atoms with E-state index in [1.807, 2.05) is 30.3 Å². The lowest BCUT2D eigenvalue weighted by Crippen LogP contribution is -2.08. The lowest BCUT2D eigenvalue weighted by molar-refractivity contribution is 0.528. The van der Waals surface area contributed by atoms with Crippen molar-refractivity contribution in [2.24, 2.45) is 0 Å². The Hall–Kier alpha value is -1.86. The highest BCUT2D eigenvalue weighted by atomic mass is 79.9. The Morgan fingerprint density at radius 2 is 2.17 bits per heavy atom. The Morgan fingerprint density at radius 3 is 2.96 bits per heavy atom. The topological polar surface area (TPSA) is 68.8 Å². The fourth-order valence-corrected chi connectivity index (χ4v) is 2.93. The summed E-state index contributed by atoms with van der Waals surface area (Å²) in [5, 5.41) is 15.4. The standard InChI is InChI=1S/C15H15BrClN5O/c1-2-7-22-15(19-20-21-22)18-9-11-4-6-14(23-11)12-5-3-10(16)8-13(12)17/h3-6,8H,2,7,9H2,1H3,(H,18,19,21). The Labute approximate surface area is 147 Å². The monoisotopic (exact) mass is 395 g/mol. The lowest BCUT2D eigenvalue weighted by Gasteiger charge is -2.04. The Bertz CT molecular complexity index is 801. The van der Waals surface area contributed by atoms with Crippen LogP contribution in [0, 0.1) is 0 Å². The fraction of sp³-hybridized carbons (Fsp3) is 0.267. The van der Waals surface area contributed by atoms with Crippen molar-refractivity contribution in [3.05, 3.63) is 45.6 Å². The predicted octanol–water partition coefficient (Wildman–Crippen LogP) is 4.37. The quantitative estimate of drug-likeness (QED) is 0.670. The molecule has 2 aromatic heterocycles. The molecule has 1 N–H and O–H groups in total. The molecule has 2 heterocycles. The SMILES string of the molecule is CCCn1nnnc1NCc1ccc(-c2ccc(Br)cc2Cl)o1. The molecule has 120 valence electrons. The van der Waals surface area contributed by atoms with Crippen LogP contribution in [0.4, 0.5) is 5.95 Å². The van der Waals surface area contributed by atoms with Crippen LogP contribution in [0.3, 0.4) is 0 Å². The van der Waals surface area contributed by atoms with Crippen molar-refractivity contribution in [3.63, 3.8) is 0 Å². The van der Waals surface area contributed by atoms with Gasteiger partial charge in [-0.2, -0.15) is 0 Å². The van der Waals surface area contributed by atoms with Crippen LogP contribution in [0.1, 0.15) is 19.1 Å². The third kappa shape index (κ3) is 3.73. The van der Waals surface area contributed by atoms with Crippen molar-refractivity contribution in [2.75, 3.05) is 5.32 Å². The second-order valence-corrected chi connectivity index (χ2v) is 6.29. The summed E-state index contributed by atoms with van der Waals surface area (Å²) in [6, 6.07) is 9.51. The minimum Gasteiger partial charge on any atom is -0.459 e. The fourth-order valence-electron chi connectivity index (χ4n) is 2.17. The third-order valence-electron chi connectivity index (χ3n) is 3.25. The van der Waals surface area contributed by atoms with Gasteiger partial charge in [0.2, 0.25) is 5.95 Å². The summed E-state index contributed by atoms with van der Waals surface area (Å²) in [6.45, 7) is 3.34. The Kier molecular flexibility index (Phi) is 4.97. The van der Waals surface area contributed by atoms with Crippen molar-refractivity contribution >= 4 is 33.5 Å². The van der Waals surface area contributed by atoms with Gasteiger partial charge in [-0.05, 0) is 47.2 Å². The largest absolute Gasteiger partial charge is 0.459 e. The van der Waals surface area contributed by atoms with Gasteiger partial charge in [-0.15, -0.1) is 0 Å². The molecule has 0 unspecified atom stereocenters. The van der Waals surface area contributed by atoms with Crippen molar-refractivity contribution in [2.45, 2.75) is 26.4 Å². The highest BCUT2D eigenvalue weighted by Gasteiger charge is 2.10. The van der Waals surface area contributed by atoms with E-state index >= 15 is 0 Å². The van der Waals surface area contributed by atoms with E-state index in [0.717, 1.165) is 34.5 Å². The number of nitrogens with one attached hydrogen (secondary N) is 1. The molecule has 0 aliphatic heterocycles. The molecule has 0 spiro atoms. The molecule has 0 aliphatic carbocycles. The number of anilines is 1. The van der Waals surface area contributed by atoms with Gasteiger partial charge in [0.05, 0.1) is 11.6 Å². The summed E-state index contributed by atoms with van der Waals surface area (Å²) < 4.78 is 8.51. The zero-order chi connectivity index (χ0) is 16.2. The second-order valence-electron chi connectivity index (χ2n) is 4.97. The van der Waals surface area contributed by atoms with Crippen LogP contribution in [0.15, 0.2) is 39.2 Å². The number of aryl methyl sites for hydroxylation is 1. The second kappa shape index (κ2) is 7.14. The van der Waals surface area contributed by atoms with Crippen LogP contribution >= 0.6 is 27.5 Å². The van der Waals surface area contributed by atoms with Gasteiger partial charge in [0, 0.05) is 16.6 Å². The molecule has 0 saturated carbocycles. The van der Waals surface area contributed by atoms with Crippen LogP contribution in [0.5, 0.6) is 0 Å². The number of furan rings is 1. The van der Waals surface area contributed by atoms with Gasteiger partial charge in [-0.25, -0.2) is 4.68 Å². The van der Waals surface area contributed by atoms with E-state index in [4.69, 9.17) is 16.0 Å². The van der Waals surface area contributed by atoms with Crippen molar-refractivity contribution in [1.82, 2.24) is 20.2 Å². The summed E-state index contributed by atoms with van der Waals surface area (Å²) in [7, 11) is 0. The number of hydrogen-bond acceptors (Lipinski definition) is 5. The maximum absolute atomic E-state index is 6.25. The first-order valence-electron chi connectivity index (χ1n) is 7.21. The zero-order valence-electron chi connectivity index (χ0n) is 12.5. The number of hydrogen-bond donors (Lipinski definition) is 1. The van der Waals surface area contributed by atoms with E-state index in [1.54, 1.807) is 4.68 Å². The molecule has 0 atom stereocenters. The highest BCUT2D eigenvalue weighted by Crippen LogP contribution is 2.31. The molecule has 1 aromatic carbocycles. The highest BCUT2D eigenvalue weighted by molar-refractivity contribution is 9.10. The van der Waals surface area contributed by atoms with Crippen molar-refractivity contribution in [1.29, 1.82) is 0 Å². The number of benzene rings is 1. The van der Waals surface area contributed by atoms with E-state index in [-0.39, 0.29) is 0 Å². The maximum atomic E-state index is 6.25. The van der Waals surface area contributed by atoms with E-state index in [1.165, 1.54) is 0 Å². The smallest absolute Gasteiger partial charge is 0.243 e. The lowest BCUT2D eigenvalue weighted by atomic mass is 10.2. The summed E-state index contributed by atoms with van der Waals surface area (Å²) in [4.78, 5) is 0. The van der Waals surface area contributed by atoms with Crippen LogP contribution in [0.2, 0.25) is 5.02 Å². The number of aromatic nitrogens is 4. The van der Waals surface area contributed by atoms with E-state index in [9.17, 15) is 0 Å². The van der Waals surface area contributed by atoms with Crippen LogP contribution in [-0.4, -0.2) is 20.2 Å². The summed E-state index contributed by atoms with van der Waals surface area (Å²) in [6.07, 6.45) is 0.965. The molecular weight excluding hydrogens is 382 g/mol. The van der Waals surface area contributed by atoms with Crippen LogP contribution < -0.4 is 5.32 Å². The predicted molar refractivity (Wildman–Crippen MR) is 92.3 cm³/mol. The molecule has 3 rings (SSSR count). The number of tetrazole rings is 1. The van der Waals surface area contributed by atoms with E-state index in [2.05, 4.69) is 43.7 Å². The van der Waals surface area contributed by atoms with Gasteiger partial charge in [0.25, 0.3) is 0 Å². The Morgan fingerprint density at radius 1 is 1.30 bits per heavy atom. The van der Waals surface area contributed by atoms with Crippen molar-refractivity contribution in [3.8, 4) is 11.3 Å². The first-order valence-corrected chi connectivity index (χ1v) is 8.38. The molecule has 0 fully saturated rings. The van der Waals surface area contributed by atoms with Gasteiger partial charge < -0.3 is 9.73 Å². The first kappa shape index (κ1) is 16.0. The Balaban J connectivity index is 1.71. The minimum atomic E-state index is 0.498. The average molecular weight is 397 g/mol. The van der Waals surface area contributed by atoms with Crippen molar-refractivity contribution < 1.29 is 4.42 Å². The summed E-state index contributed by atoms with van der Waals surface area (Å²) >= 11 is 9.65. The molecule has 3 aromatic rings. The average Bonchev–Trinajstić information content (AvgIpc) is 3.15. The van der Waals surface area contributed by atoms with E-state index in [0.29, 0.717) is 17.5 Å². The van der Waals surface area contributed by atoms with Gasteiger partial charge in [-0.1, -0.05) is 39.6 Å². The molecule has 0 bridgehead atoms. The van der Waals surface area contributed by atoms with Gasteiger partial charge in [0.15, 0.2) is 0 Å². The zero-order valence-corrected chi connectivity index (χ0v) is 14.8. The number of nitrogens with zero attached hydrogens (tertiary/aromatic N) is 4.